The van der Waals surface area contributed by atoms with Crippen LogP contribution >= 0.6 is 22.9 Å². The number of hydrogen-bond donors (Lipinski definition) is 1. The third kappa shape index (κ3) is 3.10. The van der Waals surface area contributed by atoms with E-state index in [1.54, 1.807) is 11.3 Å². The predicted octanol–water partition coefficient (Wildman–Crippen LogP) is 4.87. The van der Waals surface area contributed by atoms with Gasteiger partial charge in [0.05, 0.1) is 17.9 Å². The topological polar surface area (TPSA) is 29.3 Å². The predicted molar refractivity (Wildman–Crippen MR) is 90.9 cm³/mol. The number of hydrogen-bond acceptors (Lipinski definition) is 3. The molecule has 0 fully saturated rings. The number of nitrogens with one attached hydrogen (secondary N) is 1. The molecule has 0 aliphatic rings. The lowest BCUT2D eigenvalue weighted by Crippen LogP contribution is -2.02. The normalized spacial score (nSPS) is 11.2. The summed E-state index contributed by atoms with van der Waals surface area (Å²) in [7, 11) is 0. The summed E-state index contributed by atoms with van der Waals surface area (Å²) in [6.07, 6.45) is 1.25. The molecule has 3 nitrogen and oxygen atoms in total. The highest BCUT2D eigenvalue weighted by Crippen LogP contribution is 2.26. The van der Waals surface area contributed by atoms with Crippen LogP contribution in [0.1, 0.15) is 22.6 Å². The Bertz CT molecular complexity index is 767. The molecule has 0 atom stereocenters. The van der Waals surface area contributed by atoms with Crippen molar-refractivity contribution in [1.29, 1.82) is 0 Å². The molecule has 22 heavy (non-hydrogen) atoms. The fourth-order valence-corrected chi connectivity index (χ4v) is 3.36. The van der Waals surface area contributed by atoms with Gasteiger partial charge in [-0.3, -0.25) is 4.39 Å². The van der Waals surface area contributed by atoms with Gasteiger partial charge in [0.2, 0.25) is 0 Å². The van der Waals surface area contributed by atoms with E-state index in [1.165, 1.54) is 4.88 Å². The molecule has 1 N–H and O–H groups in total. The van der Waals surface area contributed by atoms with Gasteiger partial charge in [-0.25, -0.2) is 4.52 Å². The van der Waals surface area contributed by atoms with Crippen molar-refractivity contribution in [2.45, 2.75) is 26.3 Å². The number of thiophene rings is 1. The Labute approximate surface area is 137 Å². The molecule has 0 unspecified atom stereocenters. The number of aryl methyl sites for hydroxylation is 2. The first kappa shape index (κ1) is 15.3. The van der Waals surface area contributed by atoms with E-state index >= 15 is 0 Å². The number of halogens is 2. The van der Waals surface area contributed by atoms with Gasteiger partial charge in [0.1, 0.15) is 0 Å². The summed E-state index contributed by atoms with van der Waals surface area (Å²) >= 11 is 7.85. The zero-order chi connectivity index (χ0) is 15.5. The highest BCUT2D eigenvalue weighted by molar-refractivity contribution is 7.09. The number of anilines is 1. The molecule has 3 aromatic heterocycles. The monoisotopic (exact) mass is 337 g/mol. The zero-order valence-electron chi connectivity index (χ0n) is 12.3. The van der Waals surface area contributed by atoms with E-state index in [4.69, 9.17) is 11.6 Å². The lowest BCUT2D eigenvalue weighted by Gasteiger charge is -2.08. The summed E-state index contributed by atoms with van der Waals surface area (Å²) in [5, 5.41) is 10.3. The van der Waals surface area contributed by atoms with Crippen molar-refractivity contribution in [2.24, 2.45) is 0 Å². The van der Waals surface area contributed by atoms with Gasteiger partial charge in [-0.2, -0.15) is 5.10 Å². The van der Waals surface area contributed by atoms with Gasteiger partial charge in [-0.05, 0) is 42.8 Å². The van der Waals surface area contributed by atoms with Gasteiger partial charge in [-0.1, -0.05) is 17.7 Å². The second kappa shape index (κ2) is 6.67. The van der Waals surface area contributed by atoms with Crippen LogP contribution in [0, 0.1) is 6.92 Å². The SMILES string of the molecule is Cc1c(CCCF)cc2c(NCc3cccs3)cc(Cl)nn12. The van der Waals surface area contributed by atoms with E-state index in [1.807, 2.05) is 23.6 Å². The van der Waals surface area contributed by atoms with Gasteiger partial charge in [0.25, 0.3) is 0 Å². The van der Waals surface area contributed by atoms with Crippen molar-refractivity contribution in [2.75, 3.05) is 12.0 Å². The summed E-state index contributed by atoms with van der Waals surface area (Å²) in [4.78, 5) is 1.26. The smallest absolute Gasteiger partial charge is 0.152 e. The van der Waals surface area contributed by atoms with Gasteiger partial charge >= 0.3 is 0 Å². The van der Waals surface area contributed by atoms with Gasteiger partial charge in [0, 0.05) is 23.2 Å². The molecule has 0 saturated carbocycles. The standard InChI is InChI=1S/C16H17ClFN3S/c1-11-12(4-2-6-18)8-15-14(9-16(17)20-21(11)15)19-10-13-5-3-7-22-13/h3,5,7-9,19H,2,4,6,10H2,1H3. The van der Waals surface area contributed by atoms with Crippen molar-refractivity contribution < 1.29 is 4.39 Å². The third-order valence-corrected chi connectivity index (χ3v) is 4.73. The maximum absolute atomic E-state index is 12.4. The molecule has 0 aromatic carbocycles. The summed E-state index contributed by atoms with van der Waals surface area (Å²) in [6.45, 7) is 2.44. The Morgan fingerprint density at radius 3 is 3.00 bits per heavy atom. The molecule has 0 aliphatic heterocycles. The fraction of sp³-hybridized carbons (Fsp3) is 0.312. The second-order valence-corrected chi connectivity index (χ2v) is 6.58. The Balaban J connectivity index is 1.94. The molecule has 0 spiro atoms. The second-order valence-electron chi connectivity index (χ2n) is 5.16. The highest BCUT2D eigenvalue weighted by atomic mass is 35.5. The van der Waals surface area contributed by atoms with Crippen LogP contribution < -0.4 is 5.32 Å². The van der Waals surface area contributed by atoms with E-state index in [2.05, 4.69) is 27.9 Å². The van der Waals surface area contributed by atoms with Crippen LogP contribution in [0.25, 0.3) is 5.52 Å². The minimum atomic E-state index is -0.302. The number of rotatable bonds is 6. The number of aromatic nitrogens is 2. The van der Waals surface area contributed by atoms with Crippen molar-refractivity contribution in [3.05, 3.63) is 50.9 Å². The van der Waals surface area contributed by atoms with Crippen LogP contribution in [0.3, 0.4) is 0 Å². The molecule has 3 rings (SSSR count). The summed E-state index contributed by atoms with van der Waals surface area (Å²) in [5.41, 5.74) is 4.06. The first-order chi connectivity index (χ1) is 10.7. The Hall–Kier alpha value is -1.59. The largest absolute Gasteiger partial charge is 0.378 e. The quantitative estimate of drug-likeness (QED) is 0.695. The average molecular weight is 338 g/mol. The molecular formula is C16H17ClFN3S. The highest BCUT2D eigenvalue weighted by Gasteiger charge is 2.12. The van der Waals surface area contributed by atoms with Crippen LogP contribution in [-0.4, -0.2) is 16.3 Å². The Kier molecular flexibility index (Phi) is 4.64. The van der Waals surface area contributed by atoms with Crippen LogP contribution in [-0.2, 0) is 13.0 Å². The van der Waals surface area contributed by atoms with Gasteiger partial charge in [-0.15, -0.1) is 11.3 Å². The van der Waals surface area contributed by atoms with Crippen LogP contribution in [0.4, 0.5) is 10.1 Å². The maximum Gasteiger partial charge on any atom is 0.152 e. The lowest BCUT2D eigenvalue weighted by atomic mass is 10.1. The molecule has 0 saturated heterocycles. The third-order valence-electron chi connectivity index (χ3n) is 3.67. The minimum absolute atomic E-state index is 0.302. The number of nitrogens with zero attached hydrogens (tertiary/aromatic N) is 2. The average Bonchev–Trinajstić information content (AvgIpc) is 3.12. The van der Waals surface area contributed by atoms with E-state index in [0.717, 1.165) is 29.0 Å². The molecular weight excluding hydrogens is 321 g/mol. The molecule has 0 aliphatic carbocycles. The molecule has 0 bridgehead atoms. The molecule has 0 radical (unpaired) electrons. The van der Waals surface area contributed by atoms with Gasteiger partial charge < -0.3 is 5.32 Å². The zero-order valence-corrected chi connectivity index (χ0v) is 13.8. The molecule has 3 aromatic rings. The molecule has 3 heterocycles. The minimum Gasteiger partial charge on any atom is -0.378 e. The van der Waals surface area contributed by atoms with E-state index in [-0.39, 0.29) is 6.67 Å². The van der Waals surface area contributed by atoms with Crippen molar-refractivity contribution in [1.82, 2.24) is 9.61 Å². The van der Waals surface area contributed by atoms with E-state index in [9.17, 15) is 4.39 Å². The van der Waals surface area contributed by atoms with Crippen molar-refractivity contribution in [3.8, 4) is 0 Å². The van der Waals surface area contributed by atoms with Crippen molar-refractivity contribution >= 4 is 34.1 Å². The summed E-state index contributed by atoms with van der Waals surface area (Å²) in [5.74, 6) is 0. The first-order valence-corrected chi connectivity index (χ1v) is 8.45. The Morgan fingerprint density at radius 1 is 1.41 bits per heavy atom. The van der Waals surface area contributed by atoms with E-state index in [0.29, 0.717) is 18.0 Å². The first-order valence-electron chi connectivity index (χ1n) is 7.19. The van der Waals surface area contributed by atoms with Crippen LogP contribution in [0.2, 0.25) is 5.15 Å². The van der Waals surface area contributed by atoms with Gasteiger partial charge in [0.15, 0.2) is 5.15 Å². The maximum atomic E-state index is 12.4. The number of fused-ring (bicyclic) bond motifs is 1. The van der Waals surface area contributed by atoms with Crippen molar-refractivity contribution in [3.63, 3.8) is 0 Å². The molecule has 0 amide bonds. The lowest BCUT2D eigenvalue weighted by molar-refractivity contribution is 0.472. The molecule has 116 valence electrons. The number of alkyl halides is 1. The Morgan fingerprint density at radius 2 is 2.27 bits per heavy atom. The fourth-order valence-electron chi connectivity index (χ4n) is 2.53. The summed E-state index contributed by atoms with van der Waals surface area (Å²) in [6, 6.07) is 8.04. The van der Waals surface area contributed by atoms with Crippen LogP contribution in [0.15, 0.2) is 29.6 Å². The van der Waals surface area contributed by atoms with Crippen LogP contribution in [0.5, 0.6) is 0 Å². The van der Waals surface area contributed by atoms with E-state index < -0.39 is 0 Å². The molecule has 6 heteroatoms. The summed E-state index contributed by atoms with van der Waals surface area (Å²) < 4.78 is 14.3.